The predicted octanol–water partition coefficient (Wildman–Crippen LogP) is 4.45. The molecule has 0 bridgehead atoms. The number of halogens is 1. The van der Waals surface area contributed by atoms with Gasteiger partial charge in [0.2, 0.25) is 0 Å². The van der Waals surface area contributed by atoms with Gasteiger partial charge in [-0.05, 0) is 29.8 Å². The van der Waals surface area contributed by atoms with E-state index >= 15 is 0 Å². The third-order valence-electron chi connectivity index (χ3n) is 6.83. The smallest absolute Gasteiger partial charge is 0.258 e. The van der Waals surface area contributed by atoms with Crippen LogP contribution in [0.3, 0.4) is 0 Å². The lowest BCUT2D eigenvalue weighted by Crippen LogP contribution is -2.43. The first kappa shape index (κ1) is 23.7. The molecular weight excluding hydrogens is 492 g/mol. The van der Waals surface area contributed by atoms with Crippen LogP contribution in [0.15, 0.2) is 81.2 Å². The number of nitrogens with zero attached hydrogens (tertiary/aromatic N) is 3. The lowest BCUT2D eigenvalue weighted by molar-refractivity contribution is -0.135. The second kappa shape index (κ2) is 9.97. The normalized spacial score (nSPS) is 18.4. The number of ether oxygens (including phenoxy) is 1. The molecule has 2 aromatic heterocycles. The number of hydrogen-bond acceptors (Lipinski definition) is 6. The van der Waals surface area contributed by atoms with Gasteiger partial charge in [-0.15, -0.1) is 0 Å². The number of aromatic amines is 1. The highest BCUT2D eigenvalue weighted by molar-refractivity contribution is 6.31. The summed E-state index contributed by atoms with van der Waals surface area (Å²) in [4.78, 5) is 32.1. The number of pyridine rings is 1. The standard InChI is InChI=1S/C28H25ClN4O4/c29-19-8-9-20-21(15-19)30-28(35)27(26(20)18-5-2-1-3-6-18)22-16-23(24-7-4-12-37-24)33(31-22)25(34)17-32-10-13-36-14-11-32/h1-9,12,15,23H,10-11,13-14,16-17H2,(H,30,35). The molecule has 1 amide bonds. The Labute approximate surface area is 218 Å². The second-order valence-corrected chi connectivity index (χ2v) is 9.61. The Morgan fingerprint density at radius 2 is 1.86 bits per heavy atom. The number of hydrogen-bond donors (Lipinski definition) is 1. The highest BCUT2D eigenvalue weighted by Gasteiger charge is 2.37. The van der Waals surface area contributed by atoms with Crippen molar-refractivity contribution in [3.05, 3.63) is 93.6 Å². The van der Waals surface area contributed by atoms with E-state index in [4.69, 9.17) is 25.9 Å². The number of morpholine rings is 1. The molecule has 6 rings (SSSR count). The molecule has 2 aromatic carbocycles. The van der Waals surface area contributed by atoms with Crippen LogP contribution in [0.5, 0.6) is 0 Å². The van der Waals surface area contributed by atoms with Crippen LogP contribution >= 0.6 is 11.6 Å². The van der Waals surface area contributed by atoms with Crippen molar-refractivity contribution in [2.24, 2.45) is 5.10 Å². The molecule has 2 aliphatic heterocycles. The zero-order valence-corrected chi connectivity index (χ0v) is 20.8. The van der Waals surface area contributed by atoms with Gasteiger partial charge < -0.3 is 14.1 Å². The quantitative estimate of drug-likeness (QED) is 0.423. The van der Waals surface area contributed by atoms with E-state index in [1.165, 1.54) is 5.01 Å². The van der Waals surface area contributed by atoms with E-state index in [0.29, 0.717) is 60.3 Å². The largest absolute Gasteiger partial charge is 0.467 e. The van der Waals surface area contributed by atoms with E-state index in [2.05, 4.69) is 9.88 Å². The van der Waals surface area contributed by atoms with Gasteiger partial charge in [0, 0.05) is 35.5 Å². The molecule has 0 spiro atoms. The van der Waals surface area contributed by atoms with Crippen molar-refractivity contribution in [2.45, 2.75) is 12.5 Å². The van der Waals surface area contributed by atoms with Gasteiger partial charge >= 0.3 is 0 Å². The number of H-pyrrole nitrogens is 1. The number of carbonyl (C=O) groups is 1. The third-order valence-corrected chi connectivity index (χ3v) is 7.06. The van der Waals surface area contributed by atoms with E-state index in [-0.39, 0.29) is 18.0 Å². The molecule has 0 radical (unpaired) electrons. The number of fused-ring (bicyclic) bond motifs is 1. The Balaban J connectivity index is 1.48. The van der Waals surface area contributed by atoms with Crippen LogP contribution in [0.25, 0.3) is 22.0 Å². The molecule has 1 unspecified atom stereocenters. The van der Waals surface area contributed by atoms with Crippen molar-refractivity contribution in [1.29, 1.82) is 0 Å². The number of nitrogens with one attached hydrogen (secondary N) is 1. The molecule has 4 aromatic rings. The van der Waals surface area contributed by atoms with Gasteiger partial charge in [0.15, 0.2) is 0 Å². The molecule has 0 saturated carbocycles. The molecule has 0 aliphatic carbocycles. The Hall–Kier alpha value is -3.72. The Morgan fingerprint density at radius 3 is 2.62 bits per heavy atom. The molecule has 1 N–H and O–H groups in total. The minimum Gasteiger partial charge on any atom is -0.467 e. The summed E-state index contributed by atoms with van der Waals surface area (Å²) in [6, 6.07) is 18.4. The molecule has 188 valence electrons. The number of amides is 1. The number of benzene rings is 2. The number of carbonyl (C=O) groups excluding carboxylic acids is 1. The summed E-state index contributed by atoms with van der Waals surface area (Å²) >= 11 is 6.23. The summed E-state index contributed by atoms with van der Waals surface area (Å²) in [6.07, 6.45) is 1.93. The Kier molecular flexibility index (Phi) is 6.38. The highest BCUT2D eigenvalue weighted by Crippen LogP contribution is 2.37. The van der Waals surface area contributed by atoms with Crippen molar-refractivity contribution in [3.8, 4) is 11.1 Å². The third kappa shape index (κ3) is 4.59. The van der Waals surface area contributed by atoms with Crippen LogP contribution in [0.1, 0.15) is 23.8 Å². The summed E-state index contributed by atoms with van der Waals surface area (Å²) in [7, 11) is 0. The van der Waals surface area contributed by atoms with Crippen molar-refractivity contribution in [3.63, 3.8) is 0 Å². The fraction of sp³-hybridized carbons (Fsp3) is 0.250. The van der Waals surface area contributed by atoms with Gasteiger partial charge in [0.25, 0.3) is 11.5 Å². The van der Waals surface area contributed by atoms with Gasteiger partial charge in [-0.1, -0.05) is 48.0 Å². The number of rotatable bonds is 5. The minimum absolute atomic E-state index is 0.149. The highest BCUT2D eigenvalue weighted by atomic mass is 35.5. The second-order valence-electron chi connectivity index (χ2n) is 9.17. The average Bonchev–Trinajstić information content (AvgIpc) is 3.59. The maximum atomic E-state index is 13.6. The van der Waals surface area contributed by atoms with Crippen molar-refractivity contribution < 1.29 is 13.9 Å². The van der Waals surface area contributed by atoms with Crippen LogP contribution in [-0.2, 0) is 9.53 Å². The SMILES string of the molecule is O=C(CN1CCOCC1)N1N=C(c2c(-c3ccccc3)c3ccc(Cl)cc3[nH]c2=O)CC1c1ccco1. The molecule has 4 heterocycles. The average molecular weight is 517 g/mol. The molecule has 9 heteroatoms. The minimum atomic E-state index is -0.442. The van der Waals surface area contributed by atoms with Crippen molar-refractivity contribution >= 4 is 34.1 Å². The molecule has 37 heavy (non-hydrogen) atoms. The van der Waals surface area contributed by atoms with Crippen molar-refractivity contribution in [1.82, 2.24) is 14.9 Å². The summed E-state index contributed by atoms with van der Waals surface area (Å²) < 4.78 is 11.1. The number of furan rings is 1. The predicted molar refractivity (Wildman–Crippen MR) is 142 cm³/mol. The van der Waals surface area contributed by atoms with Gasteiger partial charge in [-0.2, -0.15) is 5.10 Å². The zero-order valence-electron chi connectivity index (χ0n) is 20.0. The first-order valence-electron chi connectivity index (χ1n) is 12.2. The van der Waals surface area contributed by atoms with E-state index in [1.807, 2.05) is 42.5 Å². The van der Waals surface area contributed by atoms with Gasteiger partial charge in [0.1, 0.15) is 11.8 Å². The Bertz CT molecular complexity index is 1530. The van der Waals surface area contributed by atoms with E-state index in [9.17, 15) is 9.59 Å². The summed E-state index contributed by atoms with van der Waals surface area (Å²) in [5, 5.41) is 7.63. The van der Waals surface area contributed by atoms with Crippen LogP contribution in [0, 0.1) is 0 Å². The lowest BCUT2D eigenvalue weighted by Gasteiger charge is -2.28. The van der Waals surface area contributed by atoms with Crippen LogP contribution in [-0.4, -0.2) is 59.4 Å². The lowest BCUT2D eigenvalue weighted by atomic mass is 9.92. The molecular formula is C28H25ClN4O4. The van der Waals surface area contributed by atoms with Crippen LogP contribution < -0.4 is 5.56 Å². The summed E-state index contributed by atoms with van der Waals surface area (Å²) in [6.45, 7) is 2.79. The van der Waals surface area contributed by atoms with Crippen LogP contribution in [0.4, 0.5) is 0 Å². The molecule has 8 nitrogen and oxygen atoms in total. The van der Waals surface area contributed by atoms with Crippen molar-refractivity contribution in [2.75, 3.05) is 32.8 Å². The summed E-state index contributed by atoms with van der Waals surface area (Å²) in [5.74, 6) is 0.475. The number of aromatic nitrogens is 1. The fourth-order valence-corrected chi connectivity index (χ4v) is 5.24. The fourth-order valence-electron chi connectivity index (χ4n) is 5.07. The van der Waals surface area contributed by atoms with Gasteiger partial charge in [-0.3, -0.25) is 14.5 Å². The maximum absolute atomic E-state index is 13.6. The maximum Gasteiger partial charge on any atom is 0.258 e. The Morgan fingerprint density at radius 1 is 1.05 bits per heavy atom. The molecule has 2 aliphatic rings. The first-order chi connectivity index (χ1) is 18.1. The summed E-state index contributed by atoms with van der Waals surface area (Å²) in [5.41, 5.74) is 2.98. The topological polar surface area (TPSA) is 91.1 Å². The number of hydrazone groups is 1. The van der Waals surface area contributed by atoms with E-state index in [0.717, 1.165) is 16.5 Å². The van der Waals surface area contributed by atoms with Crippen LogP contribution in [0.2, 0.25) is 5.02 Å². The monoisotopic (exact) mass is 516 g/mol. The molecule has 1 atom stereocenters. The first-order valence-corrected chi connectivity index (χ1v) is 12.6. The molecule has 1 fully saturated rings. The van der Waals surface area contributed by atoms with Gasteiger partial charge in [0.05, 0.1) is 42.8 Å². The van der Waals surface area contributed by atoms with Gasteiger partial charge in [-0.25, -0.2) is 5.01 Å². The van der Waals surface area contributed by atoms with E-state index < -0.39 is 6.04 Å². The molecule has 1 saturated heterocycles. The zero-order chi connectivity index (χ0) is 25.4. The van der Waals surface area contributed by atoms with E-state index in [1.54, 1.807) is 24.5 Å².